The molecule has 0 radical (unpaired) electrons. The zero-order valence-corrected chi connectivity index (χ0v) is 27.6. The van der Waals surface area contributed by atoms with Gasteiger partial charge >= 0.3 is 11.9 Å². The molecule has 0 aromatic carbocycles. The molecule has 1 aliphatic rings. The topological polar surface area (TPSA) is 151 Å². The molecule has 250 valence electrons. The number of carbonyl (C=O) groups is 5. The highest BCUT2D eigenvalue weighted by atomic mass is 16.6. The second kappa shape index (κ2) is 20.7. The molecular formula is C33H55N3O8. The van der Waals surface area contributed by atoms with E-state index < -0.39 is 60.4 Å². The van der Waals surface area contributed by atoms with E-state index >= 15 is 0 Å². The van der Waals surface area contributed by atoms with E-state index in [1.165, 1.54) is 51.6 Å². The Bertz CT molecular complexity index is 996. The first-order valence-corrected chi connectivity index (χ1v) is 16.0. The van der Waals surface area contributed by atoms with Gasteiger partial charge in [0.15, 0.2) is 12.1 Å². The van der Waals surface area contributed by atoms with Crippen molar-refractivity contribution < 1.29 is 38.6 Å². The number of hydrogen-bond donors (Lipinski definition) is 3. The summed E-state index contributed by atoms with van der Waals surface area (Å²) in [5, 5.41) is 15.4. The van der Waals surface area contributed by atoms with Crippen LogP contribution in [0.2, 0.25) is 0 Å². The summed E-state index contributed by atoms with van der Waals surface area (Å²) in [6, 6.07) is -1.82. The third kappa shape index (κ3) is 14.5. The van der Waals surface area contributed by atoms with Crippen molar-refractivity contribution in [1.29, 1.82) is 0 Å². The molecule has 1 rings (SSSR count). The highest BCUT2D eigenvalue weighted by Crippen LogP contribution is 2.25. The van der Waals surface area contributed by atoms with Gasteiger partial charge in [0.25, 0.3) is 0 Å². The molecule has 3 N–H and O–H groups in total. The van der Waals surface area contributed by atoms with E-state index in [0.29, 0.717) is 6.42 Å². The summed E-state index contributed by atoms with van der Waals surface area (Å²) in [4.78, 5) is 64.8. The van der Waals surface area contributed by atoms with Gasteiger partial charge in [-0.05, 0) is 24.3 Å². The second-order valence-corrected chi connectivity index (χ2v) is 12.4. The third-order valence-corrected chi connectivity index (χ3v) is 7.96. The van der Waals surface area contributed by atoms with Gasteiger partial charge in [-0.3, -0.25) is 14.4 Å². The monoisotopic (exact) mass is 621 g/mol. The lowest BCUT2D eigenvalue weighted by Crippen LogP contribution is -2.56. The smallest absolute Gasteiger partial charge is 0.337 e. The van der Waals surface area contributed by atoms with E-state index in [2.05, 4.69) is 35.8 Å². The van der Waals surface area contributed by atoms with Gasteiger partial charge in [-0.1, -0.05) is 98.5 Å². The van der Waals surface area contributed by atoms with Crippen LogP contribution in [-0.4, -0.2) is 78.6 Å². The summed E-state index contributed by atoms with van der Waals surface area (Å²) in [6.07, 6.45) is 11.9. The van der Waals surface area contributed by atoms with E-state index in [1.54, 1.807) is 6.92 Å². The minimum absolute atomic E-state index is 0.152. The first-order valence-electron chi connectivity index (χ1n) is 16.0. The quantitative estimate of drug-likeness (QED) is 0.185. The Morgan fingerprint density at radius 3 is 2.09 bits per heavy atom. The average Bonchev–Trinajstić information content (AvgIpc) is 2.97. The molecule has 0 saturated carbocycles. The molecule has 1 heterocycles. The van der Waals surface area contributed by atoms with Crippen LogP contribution in [0, 0.1) is 17.8 Å². The van der Waals surface area contributed by atoms with Crippen LogP contribution in [0.1, 0.15) is 98.3 Å². The van der Waals surface area contributed by atoms with E-state index in [-0.39, 0.29) is 11.6 Å². The number of unbranched alkanes of at least 4 members (excludes halogenated alkanes) is 8. The number of rotatable bonds is 15. The van der Waals surface area contributed by atoms with E-state index in [4.69, 9.17) is 4.74 Å². The summed E-state index contributed by atoms with van der Waals surface area (Å²) in [5.74, 6) is -4.47. The van der Waals surface area contributed by atoms with Crippen molar-refractivity contribution in [3.63, 3.8) is 0 Å². The molecule has 0 spiro atoms. The molecule has 0 aromatic rings. The van der Waals surface area contributed by atoms with Crippen LogP contribution in [0.3, 0.4) is 0 Å². The van der Waals surface area contributed by atoms with E-state index in [1.807, 2.05) is 6.92 Å². The van der Waals surface area contributed by atoms with Crippen molar-refractivity contribution in [1.82, 2.24) is 15.5 Å². The van der Waals surface area contributed by atoms with Crippen molar-refractivity contribution in [2.45, 2.75) is 117 Å². The third-order valence-electron chi connectivity index (χ3n) is 7.96. The van der Waals surface area contributed by atoms with Crippen LogP contribution in [-0.2, 0) is 33.4 Å². The molecule has 5 atom stereocenters. The Kier molecular flexibility index (Phi) is 18.3. The molecule has 1 aliphatic heterocycles. The number of allylic oxidation sites excluding steroid dienone is 1. The molecule has 0 unspecified atom stereocenters. The number of amides is 3. The van der Waals surface area contributed by atoms with Crippen LogP contribution < -0.4 is 10.6 Å². The lowest BCUT2D eigenvalue weighted by molar-refractivity contribution is -0.169. The Balaban J connectivity index is 2.96. The standard InChI is InChI=1S/C33H55N3O8/c1-22(2)17-15-13-11-9-8-10-12-14-16-18-23(3)30-25(5)31(40)34-24(4)19-20-27(38)36(6)21-26(37)35-28(32(41)44-30)29(39)33(42)43-7/h19-20,22-23,25,28-30,39H,4,8-18,21H2,1-3,5-7H3,(H,34,40)(H,35,37)/b20-19+/t23-,25+,28+,29+,30+/m0/s1. The number of methoxy groups -OCH3 is 1. The van der Waals surface area contributed by atoms with Crippen LogP contribution in [0.5, 0.6) is 0 Å². The number of nitrogens with zero attached hydrogens (tertiary/aromatic N) is 1. The van der Waals surface area contributed by atoms with Gasteiger partial charge in [-0.25, -0.2) is 9.59 Å². The van der Waals surface area contributed by atoms with Gasteiger partial charge < -0.3 is 30.1 Å². The molecule has 11 nitrogen and oxygen atoms in total. The lowest BCUT2D eigenvalue weighted by atomic mass is 9.88. The summed E-state index contributed by atoms with van der Waals surface area (Å²) in [6.45, 7) is 11.3. The number of likely N-dealkylation sites (N-methyl/N-ethyl adjacent to an activating group) is 1. The number of aliphatic hydroxyl groups excluding tert-OH is 1. The van der Waals surface area contributed by atoms with Gasteiger partial charge in [0.05, 0.1) is 19.6 Å². The Morgan fingerprint density at radius 2 is 1.55 bits per heavy atom. The number of ether oxygens (including phenoxy) is 2. The van der Waals surface area contributed by atoms with Crippen LogP contribution >= 0.6 is 0 Å². The van der Waals surface area contributed by atoms with Crippen molar-refractivity contribution in [3.05, 3.63) is 24.4 Å². The van der Waals surface area contributed by atoms with Gasteiger partial charge in [0, 0.05) is 18.8 Å². The SMILES string of the molecule is C=C1/C=C/C(=O)N(C)CC(=O)N[C@H]([C@@H](O)C(=O)OC)C(=O)O[C@H]([C@@H](C)CCCCCCCCCCCC(C)C)[C@@H](C)C(=O)N1. The van der Waals surface area contributed by atoms with Crippen molar-refractivity contribution >= 4 is 29.7 Å². The number of cyclic esters (lactones) is 1. The lowest BCUT2D eigenvalue weighted by Gasteiger charge is -2.31. The van der Waals surface area contributed by atoms with Gasteiger partial charge in [0.1, 0.15) is 6.10 Å². The van der Waals surface area contributed by atoms with Crippen molar-refractivity contribution in [2.24, 2.45) is 17.8 Å². The maximum atomic E-state index is 13.4. The first-order chi connectivity index (χ1) is 20.8. The number of carbonyl (C=O) groups excluding carboxylic acids is 5. The molecule has 44 heavy (non-hydrogen) atoms. The fraction of sp³-hybridized carbons (Fsp3) is 0.727. The molecule has 3 amide bonds. The maximum Gasteiger partial charge on any atom is 0.337 e. The molecule has 0 saturated heterocycles. The highest BCUT2D eigenvalue weighted by molar-refractivity contribution is 5.94. The molecule has 11 heteroatoms. The molecule has 0 bridgehead atoms. The maximum absolute atomic E-state index is 13.4. The van der Waals surface area contributed by atoms with Crippen molar-refractivity contribution in [3.8, 4) is 0 Å². The highest BCUT2D eigenvalue weighted by Gasteiger charge is 2.40. The zero-order valence-electron chi connectivity index (χ0n) is 27.6. The predicted molar refractivity (Wildman–Crippen MR) is 168 cm³/mol. The second-order valence-electron chi connectivity index (χ2n) is 12.4. The minimum Gasteiger partial charge on any atom is -0.467 e. The molecule has 0 aliphatic carbocycles. The number of hydrogen-bond acceptors (Lipinski definition) is 8. The van der Waals surface area contributed by atoms with Gasteiger partial charge in [0.2, 0.25) is 17.7 Å². The first kappa shape index (κ1) is 38.8. The molecule has 0 fully saturated rings. The largest absolute Gasteiger partial charge is 0.467 e. The number of nitrogens with one attached hydrogen (secondary N) is 2. The summed E-state index contributed by atoms with van der Waals surface area (Å²) in [7, 11) is 2.38. The minimum atomic E-state index is -2.07. The summed E-state index contributed by atoms with van der Waals surface area (Å²) >= 11 is 0. The fourth-order valence-corrected chi connectivity index (χ4v) is 5.14. The summed E-state index contributed by atoms with van der Waals surface area (Å²) < 4.78 is 10.3. The van der Waals surface area contributed by atoms with Crippen LogP contribution in [0.25, 0.3) is 0 Å². The molecule has 0 aromatic heterocycles. The Hall–Kier alpha value is -3.21. The van der Waals surface area contributed by atoms with E-state index in [0.717, 1.165) is 49.7 Å². The summed E-state index contributed by atoms with van der Waals surface area (Å²) in [5.41, 5.74) is 0.152. The zero-order chi connectivity index (χ0) is 33.2. The van der Waals surface area contributed by atoms with Crippen LogP contribution in [0.15, 0.2) is 24.4 Å². The molecular weight excluding hydrogens is 566 g/mol. The van der Waals surface area contributed by atoms with E-state index in [9.17, 15) is 29.1 Å². The van der Waals surface area contributed by atoms with Crippen molar-refractivity contribution in [2.75, 3.05) is 20.7 Å². The number of esters is 2. The van der Waals surface area contributed by atoms with Crippen LogP contribution in [0.4, 0.5) is 0 Å². The van der Waals surface area contributed by atoms with Gasteiger partial charge in [-0.2, -0.15) is 0 Å². The average molecular weight is 622 g/mol. The number of aliphatic hydroxyl groups is 1. The predicted octanol–water partition coefficient (Wildman–Crippen LogP) is 3.79. The normalized spacial score (nSPS) is 22.8. The van der Waals surface area contributed by atoms with Gasteiger partial charge in [-0.15, -0.1) is 0 Å². The Morgan fingerprint density at radius 1 is 1.00 bits per heavy atom. The Labute approximate surface area is 263 Å². The fourth-order valence-electron chi connectivity index (χ4n) is 5.14.